The molecule has 0 aliphatic carbocycles. The summed E-state index contributed by atoms with van der Waals surface area (Å²) >= 11 is 0. The Bertz CT molecular complexity index is 952. The van der Waals surface area contributed by atoms with Gasteiger partial charge in [-0.25, -0.2) is 0 Å². The van der Waals surface area contributed by atoms with Crippen molar-refractivity contribution >= 4 is 23.2 Å². The Morgan fingerprint density at radius 2 is 1.83 bits per heavy atom. The number of benzene rings is 1. The van der Waals surface area contributed by atoms with Gasteiger partial charge in [0.1, 0.15) is 12.4 Å². The first-order chi connectivity index (χ1) is 14.3. The minimum absolute atomic E-state index is 0.188. The number of ether oxygens (including phenoxy) is 2. The summed E-state index contributed by atoms with van der Waals surface area (Å²) in [6, 6.07) is 14.6. The van der Waals surface area contributed by atoms with Gasteiger partial charge in [0.25, 0.3) is 5.91 Å². The number of anilines is 3. The first kappa shape index (κ1) is 18.5. The molecule has 0 spiro atoms. The number of fused-ring (bicyclic) bond motifs is 1. The summed E-state index contributed by atoms with van der Waals surface area (Å²) in [5, 5.41) is 17.3. The Morgan fingerprint density at radius 1 is 1.00 bits per heavy atom. The molecule has 9 nitrogen and oxygen atoms in total. The molecule has 0 unspecified atom stereocenters. The van der Waals surface area contributed by atoms with E-state index < -0.39 is 6.10 Å². The van der Waals surface area contributed by atoms with Crippen LogP contribution in [0.25, 0.3) is 0 Å². The number of carbonyl (C=O) groups excluding carboxylic acids is 1. The summed E-state index contributed by atoms with van der Waals surface area (Å²) < 4.78 is 11.2. The van der Waals surface area contributed by atoms with Crippen molar-refractivity contribution in [3.8, 4) is 11.5 Å². The Morgan fingerprint density at radius 3 is 2.62 bits per heavy atom. The van der Waals surface area contributed by atoms with Crippen molar-refractivity contribution < 1.29 is 14.3 Å². The quantitative estimate of drug-likeness (QED) is 0.524. The summed E-state index contributed by atoms with van der Waals surface area (Å²) in [5.74, 6) is 2.24. The minimum atomic E-state index is -0.664. The number of amides is 1. The number of rotatable bonds is 7. The van der Waals surface area contributed by atoms with Gasteiger partial charge in [-0.15, -0.1) is 10.2 Å². The molecule has 1 aromatic carbocycles. The van der Waals surface area contributed by atoms with E-state index in [1.807, 2.05) is 42.5 Å². The zero-order chi connectivity index (χ0) is 19.9. The Kier molecular flexibility index (Phi) is 5.65. The van der Waals surface area contributed by atoms with Crippen molar-refractivity contribution in [3.05, 3.63) is 60.9 Å². The highest BCUT2D eigenvalue weighted by atomic mass is 16.6. The van der Waals surface area contributed by atoms with Crippen LogP contribution in [0.5, 0.6) is 11.5 Å². The zero-order valence-corrected chi connectivity index (χ0v) is 15.5. The van der Waals surface area contributed by atoms with Gasteiger partial charge in [-0.1, -0.05) is 12.1 Å². The molecule has 0 saturated carbocycles. The molecule has 9 heteroatoms. The number of nitrogens with zero attached hydrogens (tertiary/aromatic N) is 3. The van der Waals surface area contributed by atoms with Crippen LogP contribution >= 0.6 is 0 Å². The second kappa shape index (κ2) is 8.87. The van der Waals surface area contributed by atoms with E-state index in [0.717, 1.165) is 5.69 Å². The topological polar surface area (TPSA) is 110 Å². The zero-order valence-electron chi connectivity index (χ0n) is 15.5. The fraction of sp³-hybridized carbons (Fsp3) is 0.200. The van der Waals surface area contributed by atoms with Gasteiger partial charge in [-0.3, -0.25) is 9.78 Å². The molecule has 2 aromatic heterocycles. The van der Waals surface area contributed by atoms with E-state index in [2.05, 4.69) is 31.1 Å². The molecule has 3 N–H and O–H groups in total. The highest BCUT2D eigenvalue weighted by Gasteiger charge is 2.26. The first-order valence-corrected chi connectivity index (χ1v) is 9.19. The van der Waals surface area contributed by atoms with Crippen LogP contribution < -0.4 is 25.4 Å². The van der Waals surface area contributed by atoms with Crippen molar-refractivity contribution in [1.29, 1.82) is 0 Å². The molecule has 0 bridgehead atoms. The molecule has 0 fully saturated rings. The summed E-state index contributed by atoms with van der Waals surface area (Å²) in [6.07, 6.45) is 2.74. The molecule has 1 atom stereocenters. The molecule has 3 heterocycles. The molecule has 29 heavy (non-hydrogen) atoms. The number of carbonyl (C=O) groups is 1. The van der Waals surface area contributed by atoms with E-state index in [1.165, 1.54) is 0 Å². The van der Waals surface area contributed by atoms with Crippen LogP contribution in [0.15, 0.2) is 60.9 Å². The van der Waals surface area contributed by atoms with Gasteiger partial charge in [0.2, 0.25) is 6.10 Å². The largest absolute Gasteiger partial charge is 0.485 e. The third kappa shape index (κ3) is 4.89. The Balaban J connectivity index is 1.19. The molecule has 3 aromatic rings. The van der Waals surface area contributed by atoms with E-state index in [4.69, 9.17) is 9.47 Å². The van der Waals surface area contributed by atoms with Crippen molar-refractivity contribution in [2.75, 3.05) is 30.3 Å². The number of nitrogens with one attached hydrogen (secondary N) is 3. The van der Waals surface area contributed by atoms with Gasteiger partial charge in [-0.2, -0.15) is 0 Å². The van der Waals surface area contributed by atoms with Crippen LogP contribution in [-0.4, -0.2) is 46.9 Å². The monoisotopic (exact) mass is 392 g/mol. The molecular formula is C20H20N6O3. The lowest BCUT2D eigenvalue weighted by Gasteiger charge is -2.25. The third-order valence-electron chi connectivity index (χ3n) is 4.13. The van der Waals surface area contributed by atoms with Crippen LogP contribution in [-0.2, 0) is 4.79 Å². The first-order valence-electron chi connectivity index (χ1n) is 9.19. The normalized spacial score (nSPS) is 14.7. The van der Waals surface area contributed by atoms with Crippen molar-refractivity contribution in [3.63, 3.8) is 0 Å². The minimum Gasteiger partial charge on any atom is -0.485 e. The average molecular weight is 392 g/mol. The van der Waals surface area contributed by atoms with Gasteiger partial charge in [0.15, 0.2) is 17.3 Å². The average Bonchev–Trinajstić information content (AvgIpc) is 2.78. The van der Waals surface area contributed by atoms with Gasteiger partial charge in [0.05, 0.1) is 11.9 Å². The van der Waals surface area contributed by atoms with Crippen LogP contribution in [0, 0.1) is 0 Å². The second-order valence-corrected chi connectivity index (χ2v) is 6.25. The third-order valence-corrected chi connectivity index (χ3v) is 4.13. The molecule has 1 aliphatic heterocycles. The fourth-order valence-electron chi connectivity index (χ4n) is 2.72. The van der Waals surface area contributed by atoms with Crippen LogP contribution in [0.4, 0.5) is 17.3 Å². The van der Waals surface area contributed by atoms with Gasteiger partial charge < -0.3 is 25.4 Å². The molecule has 148 valence electrons. The lowest BCUT2D eigenvalue weighted by atomic mass is 10.2. The van der Waals surface area contributed by atoms with Crippen LogP contribution in [0.3, 0.4) is 0 Å². The van der Waals surface area contributed by atoms with Gasteiger partial charge in [-0.05, 0) is 36.4 Å². The standard InChI is InChI=1S/C20H20N6O3/c27-20(17-13-28-15-5-1-2-6-16(15)29-17)23-11-10-22-18-7-8-19(26-25-18)24-14-4-3-9-21-12-14/h1-9,12,17H,10-11,13H2,(H,22,25)(H,23,27)(H,24,26)/t17-/m0/s1. The maximum absolute atomic E-state index is 12.3. The van der Waals surface area contributed by atoms with Crippen molar-refractivity contribution in [2.24, 2.45) is 0 Å². The van der Waals surface area contributed by atoms with E-state index >= 15 is 0 Å². The highest BCUT2D eigenvalue weighted by Crippen LogP contribution is 2.30. The molecule has 1 aliphatic rings. The Hall–Kier alpha value is -3.88. The lowest BCUT2D eigenvalue weighted by Crippen LogP contribution is -2.45. The lowest BCUT2D eigenvalue weighted by molar-refractivity contribution is -0.130. The van der Waals surface area contributed by atoms with E-state index in [0.29, 0.717) is 36.2 Å². The predicted molar refractivity (Wildman–Crippen MR) is 107 cm³/mol. The van der Waals surface area contributed by atoms with Crippen LogP contribution in [0.2, 0.25) is 0 Å². The van der Waals surface area contributed by atoms with Gasteiger partial charge in [0, 0.05) is 19.3 Å². The summed E-state index contributed by atoms with van der Waals surface area (Å²) in [5.41, 5.74) is 0.835. The van der Waals surface area contributed by atoms with Crippen molar-refractivity contribution in [2.45, 2.75) is 6.10 Å². The van der Waals surface area contributed by atoms with Gasteiger partial charge >= 0.3 is 0 Å². The molecular weight excluding hydrogens is 372 g/mol. The summed E-state index contributed by atoms with van der Waals surface area (Å²) in [4.78, 5) is 16.3. The van der Waals surface area contributed by atoms with E-state index in [1.54, 1.807) is 18.5 Å². The predicted octanol–water partition coefficient (Wildman–Crippen LogP) is 1.98. The van der Waals surface area contributed by atoms with Crippen molar-refractivity contribution in [1.82, 2.24) is 20.5 Å². The number of aromatic nitrogens is 3. The molecule has 0 saturated heterocycles. The number of pyridine rings is 1. The number of hydrogen-bond donors (Lipinski definition) is 3. The SMILES string of the molecule is O=C(NCCNc1ccc(Nc2cccnc2)nn1)[C@@H]1COc2ccccc2O1. The Labute approximate surface area is 167 Å². The number of para-hydroxylation sites is 2. The molecule has 0 radical (unpaired) electrons. The fourth-order valence-corrected chi connectivity index (χ4v) is 2.72. The smallest absolute Gasteiger partial charge is 0.264 e. The highest BCUT2D eigenvalue weighted by molar-refractivity contribution is 5.81. The summed E-state index contributed by atoms with van der Waals surface area (Å²) in [7, 11) is 0. The summed E-state index contributed by atoms with van der Waals surface area (Å²) in [6.45, 7) is 1.10. The maximum atomic E-state index is 12.3. The second-order valence-electron chi connectivity index (χ2n) is 6.25. The molecule has 1 amide bonds. The number of hydrogen-bond acceptors (Lipinski definition) is 8. The van der Waals surface area contributed by atoms with Crippen LogP contribution in [0.1, 0.15) is 0 Å². The molecule has 4 rings (SSSR count). The maximum Gasteiger partial charge on any atom is 0.264 e. The van der Waals surface area contributed by atoms with E-state index in [-0.39, 0.29) is 12.5 Å². The van der Waals surface area contributed by atoms with E-state index in [9.17, 15) is 4.79 Å².